The van der Waals surface area contributed by atoms with Gasteiger partial charge in [-0.1, -0.05) is 6.42 Å². The van der Waals surface area contributed by atoms with Crippen molar-refractivity contribution in [3.05, 3.63) is 24.1 Å². The van der Waals surface area contributed by atoms with E-state index in [0.29, 0.717) is 6.42 Å². The Morgan fingerprint density at radius 1 is 1.37 bits per heavy atom. The van der Waals surface area contributed by atoms with Crippen LogP contribution in [0.15, 0.2) is 18.3 Å². The molecule has 1 aliphatic rings. The zero-order valence-electron chi connectivity index (χ0n) is 10.2. The average molecular weight is 266 g/mol. The summed E-state index contributed by atoms with van der Waals surface area (Å²) >= 11 is 0. The van der Waals surface area contributed by atoms with E-state index in [1.165, 1.54) is 12.1 Å². The molecule has 1 saturated carbocycles. The van der Waals surface area contributed by atoms with Gasteiger partial charge in [0.1, 0.15) is 11.6 Å². The Kier molecular flexibility index (Phi) is 3.94. The van der Waals surface area contributed by atoms with Gasteiger partial charge in [0.25, 0.3) is 0 Å². The molecule has 1 aliphatic carbocycles. The Bertz CT molecular complexity index is 477. The van der Waals surface area contributed by atoms with Gasteiger partial charge in [0.15, 0.2) is 0 Å². The van der Waals surface area contributed by atoms with Crippen molar-refractivity contribution in [3.8, 4) is 0 Å². The van der Waals surface area contributed by atoms with E-state index in [2.05, 4.69) is 15.6 Å². The summed E-state index contributed by atoms with van der Waals surface area (Å²) in [4.78, 5) is 26.6. The van der Waals surface area contributed by atoms with Crippen molar-refractivity contribution < 1.29 is 14.0 Å². The summed E-state index contributed by atoms with van der Waals surface area (Å²) < 4.78 is 12.6. The lowest BCUT2D eigenvalue weighted by molar-refractivity contribution is -0.122. The minimum atomic E-state index is -0.476. The summed E-state index contributed by atoms with van der Waals surface area (Å²) in [5.41, 5.74) is 5.27. The first-order chi connectivity index (χ1) is 9.06. The number of hydrogen-bond acceptors (Lipinski definition) is 3. The zero-order valence-corrected chi connectivity index (χ0v) is 10.2. The van der Waals surface area contributed by atoms with E-state index in [1.807, 2.05) is 0 Å². The van der Waals surface area contributed by atoms with Crippen molar-refractivity contribution in [1.82, 2.24) is 10.3 Å². The maximum Gasteiger partial charge on any atom is 0.320 e. The first-order valence-corrected chi connectivity index (χ1v) is 6.04. The highest BCUT2D eigenvalue weighted by atomic mass is 19.1. The number of halogens is 1. The molecule has 1 heterocycles. The first-order valence-electron chi connectivity index (χ1n) is 6.04. The lowest BCUT2D eigenvalue weighted by Gasteiger charge is -2.18. The van der Waals surface area contributed by atoms with Crippen LogP contribution in [0, 0.1) is 11.7 Å². The number of carbonyl (C=O) groups is 2. The van der Waals surface area contributed by atoms with Crippen LogP contribution in [0.25, 0.3) is 0 Å². The molecule has 4 N–H and O–H groups in total. The van der Waals surface area contributed by atoms with Gasteiger partial charge in [-0.2, -0.15) is 0 Å². The van der Waals surface area contributed by atoms with Gasteiger partial charge in [0, 0.05) is 6.04 Å². The smallest absolute Gasteiger partial charge is 0.320 e. The fourth-order valence-corrected chi connectivity index (χ4v) is 2.24. The molecule has 0 bridgehead atoms. The molecule has 2 rings (SSSR count). The first kappa shape index (κ1) is 13.3. The Morgan fingerprint density at radius 2 is 2.16 bits per heavy atom. The summed E-state index contributed by atoms with van der Waals surface area (Å²) in [6.45, 7) is 0. The second kappa shape index (κ2) is 5.64. The summed E-state index contributed by atoms with van der Waals surface area (Å²) in [7, 11) is 0. The number of urea groups is 1. The predicted octanol–water partition coefficient (Wildman–Crippen LogP) is 0.996. The molecule has 3 amide bonds. The minimum absolute atomic E-state index is 0.243. The van der Waals surface area contributed by atoms with Gasteiger partial charge in [-0.3, -0.25) is 10.1 Å². The summed E-state index contributed by atoms with van der Waals surface area (Å²) in [5, 5.41) is 5.16. The summed E-state index contributed by atoms with van der Waals surface area (Å²) in [5.74, 6) is -0.960. The number of anilines is 1. The molecule has 2 atom stereocenters. The third-order valence-electron chi connectivity index (χ3n) is 3.17. The van der Waals surface area contributed by atoms with E-state index in [1.54, 1.807) is 0 Å². The Balaban J connectivity index is 1.90. The van der Waals surface area contributed by atoms with Gasteiger partial charge in [-0.15, -0.1) is 0 Å². The second-order valence-corrected chi connectivity index (χ2v) is 4.51. The van der Waals surface area contributed by atoms with Crippen LogP contribution in [0.4, 0.5) is 15.0 Å². The topological polar surface area (TPSA) is 97.1 Å². The monoisotopic (exact) mass is 266 g/mol. The Labute approximate surface area is 109 Å². The van der Waals surface area contributed by atoms with Gasteiger partial charge in [0.2, 0.25) is 5.91 Å². The fourth-order valence-electron chi connectivity index (χ4n) is 2.24. The van der Waals surface area contributed by atoms with Crippen molar-refractivity contribution >= 4 is 17.8 Å². The van der Waals surface area contributed by atoms with Crippen LogP contribution in [-0.4, -0.2) is 23.0 Å². The molecule has 0 unspecified atom stereocenters. The minimum Gasteiger partial charge on any atom is -0.369 e. The van der Waals surface area contributed by atoms with E-state index in [4.69, 9.17) is 5.73 Å². The summed E-state index contributed by atoms with van der Waals surface area (Å²) in [6, 6.07) is 1.83. The lowest BCUT2D eigenvalue weighted by Crippen LogP contribution is -2.44. The number of hydrogen-bond donors (Lipinski definition) is 3. The van der Waals surface area contributed by atoms with Crippen LogP contribution in [0.2, 0.25) is 0 Å². The molecule has 102 valence electrons. The number of pyridine rings is 1. The number of primary amides is 1. The van der Waals surface area contributed by atoms with Crippen LogP contribution >= 0.6 is 0 Å². The van der Waals surface area contributed by atoms with Crippen LogP contribution in [0.5, 0.6) is 0 Å². The van der Waals surface area contributed by atoms with Gasteiger partial charge >= 0.3 is 6.03 Å². The van der Waals surface area contributed by atoms with Crippen molar-refractivity contribution in [2.24, 2.45) is 11.7 Å². The third kappa shape index (κ3) is 3.40. The van der Waals surface area contributed by atoms with Gasteiger partial charge in [0.05, 0.1) is 12.1 Å². The molecule has 7 heteroatoms. The molecular formula is C12H15FN4O2. The molecule has 1 aromatic rings. The van der Waals surface area contributed by atoms with Crippen molar-refractivity contribution in [1.29, 1.82) is 0 Å². The number of carbonyl (C=O) groups excluding carboxylic acids is 2. The maximum atomic E-state index is 12.6. The second-order valence-electron chi connectivity index (χ2n) is 4.51. The van der Waals surface area contributed by atoms with E-state index >= 15 is 0 Å². The predicted molar refractivity (Wildman–Crippen MR) is 66.7 cm³/mol. The van der Waals surface area contributed by atoms with Crippen LogP contribution in [-0.2, 0) is 4.79 Å². The van der Waals surface area contributed by atoms with Crippen LogP contribution in [0.1, 0.15) is 19.3 Å². The zero-order chi connectivity index (χ0) is 13.8. The summed E-state index contributed by atoms with van der Waals surface area (Å²) in [6.07, 6.45) is 3.28. The van der Waals surface area contributed by atoms with Crippen molar-refractivity contribution in [2.45, 2.75) is 25.3 Å². The van der Waals surface area contributed by atoms with Crippen LogP contribution < -0.4 is 16.4 Å². The van der Waals surface area contributed by atoms with Crippen molar-refractivity contribution in [2.75, 3.05) is 5.32 Å². The standard InChI is InChI=1S/C12H15FN4O2/c13-7-4-5-10(15-6-7)17-12(19)16-9-3-1-2-8(9)11(14)18/h4-6,8-9H,1-3H2,(H2,14,18)(H2,15,16,17,19)/t8-,9+/m1/s1. The molecule has 0 aliphatic heterocycles. The van der Waals surface area contributed by atoms with E-state index in [0.717, 1.165) is 19.0 Å². The van der Waals surface area contributed by atoms with E-state index in [9.17, 15) is 14.0 Å². The van der Waals surface area contributed by atoms with Gasteiger partial charge in [-0.25, -0.2) is 14.2 Å². The Morgan fingerprint density at radius 3 is 2.79 bits per heavy atom. The molecule has 1 fully saturated rings. The molecule has 0 spiro atoms. The lowest BCUT2D eigenvalue weighted by atomic mass is 10.0. The SMILES string of the molecule is NC(=O)[C@@H]1CCC[C@@H]1NC(=O)Nc1ccc(F)cn1. The highest BCUT2D eigenvalue weighted by Crippen LogP contribution is 2.25. The normalized spacial score (nSPS) is 21.9. The van der Waals surface area contributed by atoms with Crippen LogP contribution in [0.3, 0.4) is 0 Å². The number of aromatic nitrogens is 1. The highest BCUT2D eigenvalue weighted by molar-refractivity contribution is 5.89. The molecular weight excluding hydrogens is 251 g/mol. The quantitative estimate of drug-likeness (QED) is 0.761. The largest absolute Gasteiger partial charge is 0.369 e. The highest BCUT2D eigenvalue weighted by Gasteiger charge is 2.32. The molecule has 1 aromatic heterocycles. The number of nitrogens with two attached hydrogens (primary N) is 1. The van der Waals surface area contributed by atoms with Gasteiger partial charge in [-0.05, 0) is 25.0 Å². The number of nitrogens with zero attached hydrogens (tertiary/aromatic N) is 1. The Hall–Kier alpha value is -2.18. The van der Waals surface area contributed by atoms with E-state index < -0.39 is 17.8 Å². The maximum absolute atomic E-state index is 12.6. The molecule has 0 radical (unpaired) electrons. The van der Waals surface area contributed by atoms with Crippen molar-refractivity contribution in [3.63, 3.8) is 0 Å². The third-order valence-corrected chi connectivity index (χ3v) is 3.17. The molecule has 19 heavy (non-hydrogen) atoms. The molecule has 0 aromatic carbocycles. The number of nitrogens with one attached hydrogen (secondary N) is 2. The average Bonchev–Trinajstić information content (AvgIpc) is 2.80. The number of rotatable bonds is 3. The molecule has 0 saturated heterocycles. The number of amides is 3. The molecule has 6 nitrogen and oxygen atoms in total. The fraction of sp³-hybridized carbons (Fsp3) is 0.417. The van der Waals surface area contributed by atoms with Gasteiger partial charge < -0.3 is 11.1 Å². The van der Waals surface area contributed by atoms with E-state index in [-0.39, 0.29) is 17.8 Å².